The molecular formula is C13H15F3N2O2. The lowest BCUT2D eigenvalue weighted by molar-refractivity contribution is -0.137. The molecular weight excluding hydrogens is 273 g/mol. The zero-order valence-corrected chi connectivity index (χ0v) is 10.9. The van der Waals surface area contributed by atoms with E-state index < -0.39 is 17.8 Å². The molecule has 0 bridgehead atoms. The van der Waals surface area contributed by atoms with Crippen molar-refractivity contribution in [3.8, 4) is 0 Å². The van der Waals surface area contributed by atoms with Gasteiger partial charge in [-0.05, 0) is 25.1 Å². The van der Waals surface area contributed by atoms with Gasteiger partial charge in [0.05, 0.1) is 5.56 Å². The monoisotopic (exact) mass is 288 g/mol. The van der Waals surface area contributed by atoms with E-state index in [0.29, 0.717) is 12.2 Å². The van der Waals surface area contributed by atoms with Gasteiger partial charge in [0.25, 0.3) is 0 Å². The Hall–Kier alpha value is -1.92. The van der Waals surface area contributed by atoms with Gasteiger partial charge >= 0.3 is 12.3 Å². The normalized spacial score (nSPS) is 20.1. The summed E-state index contributed by atoms with van der Waals surface area (Å²) in [5.41, 5.74) is -0.222. The van der Waals surface area contributed by atoms with Crippen LogP contribution in [0.25, 0.3) is 0 Å². The third-order valence-electron chi connectivity index (χ3n) is 3.40. The lowest BCUT2D eigenvalue weighted by Gasteiger charge is -2.40. The molecule has 20 heavy (non-hydrogen) atoms. The zero-order chi connectivity index (χ0) is 14.9. The number of alkyl halides is 3. The van der Waals surface area contributed by atoms with Gasteiger partial charge in [-0.3, -0.25) is 0 Å². The third-order valence-corrected chi connectivity index (χ3v) is 3.40. The summed E-state index contributed by atoms with van der Waals surface area (Å²) in [6, 6.07) is 4.95. The average molecular weight is 288 g/mol. The lowest BCUT2D eigenvalue weighted by Crippen LogP contribution is -2.53. The van der Waals surface area contributed by atoms with Crippen LogP contribution in [0.4, 0.5) is 23.7 Å². The molecule has 0 aliphatic carbocycles. The first-order valence-electron chi connectivity index (χ1n) is 6.21. The minimum Gasteiger partial charge on any atom is -0.465 e. The van der Waals surface area contributed by atoms with E-state index in [1.165, 1.54) is 11.0 Å². The number of amides is 1. The Kier molecular flexibility index (Phi) is 3.78. The van der Waals surface area contributed by atoms with Gasteiger partial charge in [0, 0.05) is 31.4 Å². The number of benzene rings is 1. The van der Waals surface area contributed by atoms with Crippen molar-refractivity contribution in [3.05, 3.63) is 29.8 Å². The molecule has 1 saturated heterocycles. The Balaban J connectivity index is 2.19. The maximum atomic E-state index is 12.7. The molecule has 1 aliphatic heterocycles. The van der Waals surface area contributed by atoms with E-state index in [-0.39, 0.29) is 19.1 Å². The number of rotatable bonds is 1. The van der Waals surface area contributed by atoms with Crippen molar-refractivity contribution >= 4 is 11.8 Å². The van der Waals surface area contributed by atoms with Crippen LogP contribution in [-0.4, -0.2) is 41.8 Å². The van der Waals surface area contributed by atoms with E-state index in [4.69, 9.17) is 5.11 Å². The smallest absolute Gasteiger partial charge is 0.416 e. The van der Waals surface area contributed by atoms with E-state index in [2.05, 4.69) is 0 Å². The standard InChI is InChI=1S/C13H15F3N2O2/c1-9-8-17(12(19)20)5-6-18(9)11-4-2-3-10(7-11)13(14,15)16/h2-4,7,9H,5-6,8H2,1H3,(H,19,20)/t9-/m0/s1. The van der Waals surface area contributed by atoms with Crippen molar-refractivity contribution in [2.75, 3.05) is 24.5 Å². The zero-order valence-electron chi connectivity index (χ0n) is 10.9. The highest BCUT2D eigenvalue weighted by Crippen LogP contribution is 2.32. The number of anilines is 1. The fourth-order valence-corrected chi connectivity index (χ4v) is 2.38. The number of carboxylic acid groups (broad SMARTS) is 1. The summed E-state index contributed by atoms with van der Waals surface area (Å²) in [5.74, 6) is 0. The summed E-state index contributed by atoms with van der Waals surface area (Å²) in [6.07, 6.45) is -5.37. The van der Waals surface area contributed by atoms with Gasteiger partial charge < -0.3 is 14.9 Å². The lowest BCUT2D eigenvalue weighted by atomic mass is 10.1. The van der Waals surface area contributed by atoms with E-state index in [9.17, 15) is 18.0 Å². The number of nitrogens with zero attached hydrogens (tertiary/aromatic N) is 2. The van der Waals surface area contributed by atoms with Crippen LogP contribution in [0.15, 0.2) is 24.3 Å². The molecule has 1 N–H and O–H groups in total. The molecule has 1 atom stereocenters. The van der Waals surface area contributed by atoms with Crippen LogP contribution in [0.2, 0.25) is 0 Å². The van der Waals surface area contributed by atoms with E-state index in [0.717, 1.165) is 12.1 Å². The summed E-state index contributed by atoms with van der Waals surface area (Å²) >= 11 is 0. The topological polar surface area (TPSA) is 43.8 Å². The quantitative estimate of drug-likeness (QED) is 0.864. The molecule has 1 heterocycles. The molecule has 0 aromatic heterocycles. The second-order valence-corrected chi connectivity index (χ2v) is 4.82. The number of carbonyl (C=O) groups is 1. The van der Waals surface area contributed by atoms with Gasteiger partial charge in [0.1, 0.15) is 0 Å². The highest BCUT2D eigenvalue weighted by Gasteiger charge is 2.32. The predicted octanol–water partition coefficient (Wildman–Crippen LogP) is 2.89. The molecule has 1 aromatic rings. The summed E-state index contributed by atoms with van der Waals surface area (Å²) < 4.78 is 38.1. The van der Waals surface area contributed by atoms with Gasteiger partial charge in [-0.15, -0.1) is 0 Å². The van der Waals surface area contributed by atoms with Crippen LogP contribution in [0.5, 0.6) is 0 Å². The van der Waals surface area contributed by atoms with Gasteiger partial charge in [0.15, 0.2) is 0 Å². The van der Waals surface area contributed by atoms with Gasteiger partial charge in [0.2, 0.25) is 0 Å². The minimum atomic E-state index is -4.37. The maximum Gasteiger partial charge on any atom is 0.416 e. The van der Waals surface area contributed by atoms with Crippen molar-refractivity contribution in [1.82, 2.24) is 4.90 Å². The molecule has 0 unspecified atom stereocenters. The van der Waals surface area contributed by atoms with Gasteiger partial charge in [-0.1, -0.05) is 6.07 Å². The number of halogens is 3. The molecule has 1 aromatic carbocycles. The first kappa shape index (κ1) is 14.5. The van der Waals surface area contributed by atoms with E-state index in [1.54, 1.807) is 17.9 Å². The maximum absolute atomic E-state index is 12.7. The molecule has 7 heteroatoms. The second-order valence-electron chi connectivity index (χ2n) is 4.82. The summed E-state index contributed by atoms with van der Waals surface area (Å²) in [4.78, 5) is 14.0. The van der Waals surface area contributed by atoms with Gasteiger partial charge in [-0.25, -0.2) is 4.79 Å². The first-order chi connectivity index (χ1) is 9.29. The van der Waals surface area contributed by atoms with E-state index >= 15 is 0 Å². The van der Waals surface area contributed by atoms with Crippen LogP contribution >= 0.6 is 0 Å². The molecule has 1 fully saturated rings. The van der Waals surface area contributed by atoms with Crippen molar-refractivity contribution < 1.29 is 23.1 Å². The number of hydrogen-bond donors (Lipinski definition) is 1. The highest BCUT2D eigenvalue weighted by atomic mass is 19.4. The molecule has 110 valence electrons. The molecule has 2 rings (SSSR count). The van der Waals surface area contributed by atoms with Crippen molar-refractivity contribution in [2.45, 2.75) is 19.1 Å². The Bertz CT molecular complexity index is 505. The number of hydrogen-bond acceptors (Lipinski definition) is 2. The van der Waals surface area contributed by atoms with Crippen LogP contribution in [0.1, 0.15) is 12.5 Å². The van der Waals surface area contributed by atoms with Crippen molar-refractivity contribution in [2.24, 2.45) is 0 Å². The Morgan fingerprint density at radius 3 is 2.60 bits per heavy atom. The largest absolute Gasteiger partial charge is 0.465 e. The van der Waals surface area contributed by atoms with Gasteiger partial charge in [-0.2, -0.15) is 13.2 Å². The average Bonchev–Trinajstić information content (AvgIpc) is 2.37. The van der Waals surface area contributed by atoms with Crippen molar-refractivity contribution in [1.29, 1.82) is 0 Å². The Morgan fingerprint density at radius 2 is 2.05 bits per heavy atom. The summed E-state index contributed by atoms with van der Waals surface area (Å²) in [7, 11) is 0. The fourth-order valence-electron chi connectivity index (χ4n) is 2.38. The van der Waals surface area contributed by atoms with Crippen LogP contribution < -0.4 is 4.90 Å². The Morgan fingerprint density at radius 1 is 1.35 bits per heavy atom. The summed E-state index contributed by atoms with van der Waals surface area (Å²) in [5, 5.41) is 8.92. The SMILES string of the molecule is C[C@H]1CN(C(=O)O)CCN1c1cccc(C(F)(F)F)c1. The minimum absolute atomic E-state index is 0.164. The molecule has 0 saturated carbocycles. The molecule has 4 nitrogen and oxygen atoms in total. The fraction of sp³-hybridized carbons (Fsp3) is 0.462. The van der Waals surface area contributed by atoms with Crippen molar-refractivity contribution in [3.63, 3.8) is 0 Å². The van der Waals surface area contributed by atoms with Crippen LogP contribution in [0, 0.1) is 0 Å². The first-order valence-corrected chi connectivity index (χ1v) is 6.21. The third kappa shape index (κ3) is 2.97. The molecule has 0 radical (unpaired) electrons. The second kappa shape index (κ2) is 5.22. The Labute approximate surface area is 114 Å². The van der Waals surface area contributed by atoms with Crippen LogP contribution in [0.3, 0.4) is 0 Å². The molecule has 1 amide bonds. The van der Waals surface area contributed by atoms with E-state index in [1.807, 2.05) is 0 Å². The van der Waals surface area contributed by atoms with Crippen LogP contribution in [-0.2, 0) is 6.18 Å². The predicted molar refractivity (Wildman–Crippen MR) is 67.8 cm³/mol. The molecule has 1 aliphatic rings. The highest BCUT2D eigenvalue weighted by molar-refractivity contribution is 5.66. The molecule has 0 spiro atoms. The summed E-state index contributed by atoms with van der Waals surface area (Å²) in [6.45, 7) is 2.76. The number of piperazine rings is 1.